The normalized spacial score (nSPS) is 11.5. The van der Waals surface area contributed by atoms with Gasteiger partial charge in [0.1, 0.15) is 11.0 Å². The molecule has 1 N–H and O–H groups in total. The van der Waals surface area contributed by atoms with Gasteiger partial charge in [0, 0.05) is 6.07 Å². The molecule has 0 aliphatic rings. The Hall–Kier alpha value is -2.59. The predicted octanol–water partition coefficient (Wildman–Crippen LogP) is 2.71. The molecule has 0 atom stereocenters. The Morgan fingerprint density at radius 3 is 2.61 bits per heavy atom. The van der Waals surface area contributed by atoms with Crippen molar-refractivity contribution in [3.8, 4) is 0 Å². The van der Waals surface area contributed by atoms with Crippen molar-refractivity contribution in [1.82, 2.24) is 8.75 Å². The molecule has 2 aromatic carbocycles. The zero-order valence-electron chi connectivity index (χ0n) is 11.8. The van der Waals surface area contributed by atoms with Crippen LogP contribution in [0.25, 0.3) is 11.0 Å². The maximum atomic E-state index is 12.5. The molecule has 118 valence electrons. The van der Waals surface area contributed by atoms with E-state index in [4.69, 9.17) is 0 Å². The number of aromatic nitrogens is 2. The Balaban J connectivity index is 2.04. The van der Waals surface area contributed by atoms with Gasteiger partial charge in [-0.2, -0.15) is 8.75 Å². The number of anilines is 1. The zero-order chi connectivity index (χ0) is 16.6. The number of hydrogen-bond acceptors (Lipinski definition) is 7. The molecule has 1 heterocycles. The molecule has 0 fully saturated rings. The van der Waals surface area contributed by atoms with Gasteiger partial charge in [0.15, 0.2) is 4.90 Å². The van der Waals surface area contributed by atoms with Gasteiger partial charge >= 0.3 is 0 Å². The summed E-state index contributed by atoms with van der Waals surface area (Å²) in [7, 11) is -4.10. The number of nitrogens with one attached hydrogen (secondary N) is 1. The zero-order valence-corrected chi connectivity index (χ0v) is 13.4. The Bertz CT molecular complexity index is 1010. The van der Waals surface area contributed by atoms with Crippen molar-refractivity contribution in [2.45, 2.75) is 11.8 Å². The Kier molecular flexibility index (Phi) is 3.70. The molecule has 3 rings (SSSR count). The molecule has 0 aliphatic carbocycles. The predicted molar refractivity (Wildman–Crippen MR) is 86.1 cm³/mol. The summed E-state index contributed by atoms with van der Waals surface area (Å²) in [5, 5.41) is 11.1. The van der Waals surface area contributed by atoms with Gasteiger partial charge in [0.05, 0.1) is 22.3 Å². The van der Waals surface area contributed by atoms with Gasteiger partial charge in [-0.15, -0.1) is 0 Å². The number of sulfonamides is 1. The minimum atomic E-state index is -4.10. The minimum absolute atomic E-state index is 0.265. The third kappa shape index (κ3) is 2.98. The molecule has 0 unspecified atom stereocenters. The van der Waals surface area contributed by atoms with Gasteiger partial charge in [0.2, 0.25) is 0 Å². The third-order valence-electron chi connectivity index (χ3n) is 3.11. The second-order valence-electron chi connectivity index (χ2n) is 4.80. The van der Waals surface area contributed by atoms with Crippen LogP contribution in [0.15, 0.2) is 41.3 Å². The SMILES string of the molecule is Cc1ccc([N+](=O)[O-])c(S(=O)(=O)Nc2ccc3nsnc3c2)c1. The molecule has 0 aliphatic heterocycles. The highest BCUT2D eigenvalue weighted by Crippen LogP contribution is 2.27. The minimum Gasteiger partial charge on any atom is -0.279 e. The van der Waals surface area contributed by atoms with Crippen LogP contribution in [0.5, 0.6) is 0 Å². The molecule has 0 saturated carbocycles. The summed E-state index contributed by atoms with van der Waals surface area (Å²) in [6.45, 7) is 1.66. The number of aryl methyl sites for hydroxylation is 1. The molecule has 0 spiro atoms. The van der Waals surface area contributed by atoms with Crippen molar-refractivity contribution in [1.29, 1.82) is 0 Å². The average Bonchev–Trinajstić information content (AvgIpc) is 2.94. The van der Waals surface area contributed by atoms with Crippen LogP contribution in [0, 0.1) is 17.0 Å². The van der Waals surface area contributed by atoms with E-state index < -0.39 is 20.6 Å². The molecule has 8 nitrogen and oxygen atoms in total. The Morgan fingerprint density at radius 2 is 1.87 bits per heavy atom. The van der Waals surface area contributed by atoms with Gasteiger partial charge in [0.25, 0.3) is 15.7 Å². The van der Waals surface area contributed by atoms with Crippen molar-refractivity contribution in [2.75, 3.05) is 4.72 Å². The Labute approximate surface area is 135 Å². The fourth-order valence-electron chi connectivity index (χ4n) is 2.04. The first-order chi connectivity index (χ1) is 10.9. The number of rotatable bonds is 4. The van der Waals surface area contributed by atoms with Crippen molar-refractivity contribution in [3.63, 3.8) is 0 Å². The number of nitro groups is 1. The first-order valence-electron chi connectivity index (χ1n) is 6.37. The number of hydrogen-bond donors (Lipinski definition) is 1. The van der Waals surface area contributed by atoms with E-state index in [2.05, 4.69) is 13.5 Å². The van der Waals surface area contributed by atoms with E-state index in [1.807, 2.05) is 0 Å². The number of nitrogens with zero attached hydrogens (tertiary/aromatic N) is 3. The standard InChI is InChI=1S/C13H10N4O4S2/c1-8-2-5-12(17(18)19)13(6-8)23(20,21)16-9-3-4-10-11(7-9)15-22-14-10/h2-7,16H,1H3. The molecule has 10 heteroatoms. The first kappa shape index (κ1) is 15.3. The molecule has 0 radical (unpaired) electrons. The lowest BCUT2D eigenvalue weighted by Gasteiger charge is -2.09. The second kappa shape index (κ2) is 5.56. The lowest BCUT2D eigenvalue weighted by atomic mass is 10.2. The lowest BCUT2D eigenvalue weighted by molar-refractivity contribution is -0.387. The summed E-state index contributed by atoms with van der Waals surface area (Å²) in [5.74, 6) is 0. The highest BCUT2D eigenvalue weighted by atomic mass is 32.2. The van der Waals surface area contributed by atoms with Crippen LogP contribution in [0.3, 0.4) is 0 Å². The van der Waals surface area contributed by atoms with Crippen LogP contribution in [-0.2, 0) is 10.0 Å². The third-order valence-corrected chi connectivity index (χ3v) is 5.07. The van der Waals surface area contributed by atoms with Gasteiger partial charge in [-0.05, 0) is 36.8 Å². The highest BCUT2D eigenvalue weighted by molar-refractivity contribution is 7.92. The van der Waals surface area contributed by atoms with E-state index in [0.717, 1.165) is 11.7 Å². The average molecular weight is 350 g/mol. The van der Waals surface area contributed by atoms with Crippen molar-refractivity contribution >= 4 is 44.2 Å². The Morgan fingerprint density at radius 1 is 1.13 bits per heavy atom. The fraction of sp³-hybridized carbons (Fsp3) is 0.0769. The molecule has 3 aromatic rings. The van der Waals surface area contributed by atoms with Crippen LogP contribution in [0.4, 0.5) is 11.4 Å². The number of benzene rings is 2. The molecular formula is C13H10N4O4S2. The van der Waals surface area contributed by atoms with Crippen molar-refractivity contribution < 1.29 is 13.3 Å². The molecule has 0 amide bonds. The van der Waals surface area contributed by atoms with E-state index in [9.17, 15) is 18.5 Å². The first-order valence-corrected chi connectivity index (χ1v) is 8.58. The van der Waals surface area contributed by atoms with E-state index in [1.54, 1.807) is 13.0 Å². The molecule has 0 saturated heterocycles. The van der Waals surface area contributed by atoms with Crippen LogP contribution in [0.1, 0.15) is 5.56 Å². The number of fused-ring (bicyclic) bond motifs is 1. The molecule has 1 aromatic heterocycles. The maximum Gasteiger partial charge on any atom is 0.289 e. The van der Waals surface area contributed by atoms with Crippen LogP contribution < -0.4 is 4.72 Å². The highest BCUT2D eigenvalue weighted by Gasteiger charge is 2.26. The fourth-order valence-corrected chi connectivity index (χ4v) is 3.87. The van der Waals surface area contributed by atoms with Gasteiger partial charge in [-0.25, -0.2) is 8.42 Å². The maximum absolute atomic E-state index is 12.5. The van der Waals surface area contributed by atoms with Crippen molar-refractivity contribution in [3.05, 3.63) is 52.1 Å². The van der Waals surface area contributed by atoms with E-state index in [1.165, 1.54) is 30.3 Å². The summed E-state index contributed by atoms with van der Waals surface area (Å²) < 4.78 is 35.4. The molecule has 0 bridgehead atoms. The van der Waals surface area contributed by atoms with Crippen LogP contribution in [0.2, 0.25) is 0 Å². The van der Waals surface area contributed by atoms with Crippen LogP contribution >= 0.6 is 11.7 Å². The molecular weight excluding hydrogens is 340 g/mol. The van der Waals surface area contributed by atoms with E-state index >= 15 is 0 Å². The molecule has 23 heavy (non-hydrogen) atoms. The van der Waals surface area contributed by atoms with Gasteiger partial charge < -0.3 is 0 Å². The summed E-state index contributed by atoms with van der Waals surface area (Å²) >= 11 is 1.02. The smallest absolute Gasteiger partial charge is 0.279 e. The summed E-state index contributed by atoms with van der Waals surface area (Å²) in [6, 6.07) is 8.62. The summed E-state index contributed by atoms with van der Waals surface area (Å²) in [6.07, 6.45) is 0. The summed E-state index contributed by atoms with van der Waals surface area (Å²) in [5.41, 5.74) is 1.60. The number of nitro benzene ring substituents is 1. The second-order valence-corrected chi connectivity index (χ2v) is 6.98. The topological polar surface area (TPSA) is 115 Å². The van der Waals surface area contributed by atoms with E-state index in [-0.39, 0.29) is 10.6 Å². The van der Waals surface area contributed by atoms with Crippen LogP contribution in [-0.4, -0.2) is 22.1 Å². The van der Waals surface area contributed by atoms with Crippen molar-refractivity contribution in [2.24, 2.45) is 0 Å². The van der Waals surface area contributed by atoms with E-state index in [0.29, 0.717) is 16.6 Å². The van der Waals surface area contributed by atoms with Gasteiger partial charge in [-0.1, -0.05) is 6.07 Å². The summed E-state index contributed by atoms with van der Waals surface area (Å²) in [4.78, 5) is 9.97. The monoisotopic (exact) mass is 350 g/mol. The lowest BCUT2D eigenvalue weighted by Crippen LogP contribution is -2.15. The quantitative estimate of drug-likeness (QED) is 0.571. The van der Waals surface area contributed by atoms with Gasteiger partial charge in [-0.3, -0.25) is 14.8 Å². The largest absolute Gasteiger partial charge is 0.289 e.